The van der Waals surface area contributed by atoms with Gasteiger partial charge in [0.05, 0.1) is 43.0 Å². The van der Waals surface area contributed by atoms with Gasteiger partial charge in [0.2, 0.25) is 0 Å². The number of thiophene rings is 1. The molecule has 0 radical (unpaired) electrons. The fraction of sp³-hybridized carbons (Fsp3) is 0.263. The topological polar surface area (TPSA) is 120 Å². The van der Waals surface area contributed by atoms with E-state index in [-0.39, 0.29) is 15.5 Å². The number of esters is 1. The number of hydrogen-bond donors (Lipinski definition) is 2. The maximum atomic E-state index is 12.9. The van der Waals surface area contributed by atoms with Gasteiger partial charge in [-0.2, -0.15) is 0 Å². The summed E-state index contributed by atoms with van der Waals surface area (Å²) in [6.07, 6.45) is 0. The Morgan fingerprint density at radius 1 is 1.13 bits per heavy atom. The van der Waals surface area contributed by atoms with Crippen molar-refractivity contribution >= 4 is 44.8 Å². The van der Waals surface area contributed by atoms with E-state index in [1.165, 1.54) is 33.5 Å². The average molecular weight is 487 g/mol. The predicted octanol–water partition coefficient (Wildman–Crippen LogP) is 2.67. The Bertz CT molecular complexity index is 1160. The zero-order valence-electron chi connectivity index (χ0n) is 16.7. The van der Waals surface area contributed by atoms with Gasteiger partial charge in [0.15, 0.2) is 21.3 Å². The summed E-state index contributed by atoms with van der Waals surface area (Å²) in [5, 5.41) is 5.06. The maximum absolute atomic E-state index is 12.9. The van der Waals surface area contributed by atoms with Crippen LogP contribution in [0.15, 0.2) is 45.8 Å². The minimum Gasteiger partial charge on any atom is -0.493 e. The first-order valence-corrected chi connectivity index (χ1v) is 11.6. The van der Waals surface area contributed by atoms with E-state index in [9.17, 15) is 18.0 Å². The van der Waals surface area contributed by atoms with Gasteiger partial charge < -0.3 is 24.8 Å². The van der Waals surface area contributed by atoms with Gasteiger partial charge >= 0.3 is 12.0 Å². The Kier molecular flexibility index (Phi) is 6.77. The number of benzene rings is 1. The molecule has 2 N–H and O–H groups in total. The van der Waals surface area contributed by atoms with Crippen LogP contribution in [0, 0.1) is 0 Å². The Labute approximate surface area is 187 Å². The molecule has 9 nitrogen and oxygen atoms in total. The normalized spacial score (nSPS) is 16.4. The third-order valence-corrected chi connectivity index (χ3v) is 7.94. The Morgan fingerprint density at radius 2 is 1.84 bits per heavy atom. The highest BCUT2D eigenvalue weighted by molar-refractivity contribution is 7.93. The van der Waals surface area contributed by atoms with Crippen molar-refractivity contribution in [3.63, 3.8) is 0 Å². The molecule has 31 heavy (non-hydrogen) atoms. The van der Waals surface area contributed by atoms with Crippen LogP contribution >= 0.6 is 22.9 Å². The molecule has 1 aromatic heterocycles. The highest BCUT2D eigenvalue weighted by Crippen LogP contribution is 2.35. The lowest BCUT2D eigenvalue weighted by atomic mass is 9.95. The van der Waals surface area contributed by atoms with Crippen LogP contribution < -0.4 is 20.1 Å². The lowest BCUT2D eigenvalue weighted by molar-refractivity contribution is -0.136. The fourth-order valence-electron chi connectivity index (χ4n) is 3.09. The van der Waals surface area contributed by atoms with Gasteiger partial charge in [-0.05, 0) is 29.8 Å². The summed E-state index contributed by atoms with van der Waals surface area (Å²) in [4.78, 5) is 25.0. The average Bonchev–Trinajstić information content (AvgIpc) is 3.19. The second-order valence-corrected chi connectivity index (χ2v) is 10.3. The predicted molar refractivity (Wildman–Crippen MR) is 114 cm³/mol. The lowest BCUT2D eigenvalue weighted by Crippen LogP contribution is -2.47. The number of amides is 2. The van der Waals surface area contributed by atoms with Gasteiger partial charge in [0.25, 0.3) is 0 Å². The number of methoxy groups -OCH3 is 3. The number of sulfone groups is 1. The summed E-state index contributed by atoms with van der Waals surface area (Å²) in [5.74, 6) is -0.584. The molecule has 1 aromatic carbocycles. The molecule has 2 heterocycles. The second-order valence-electron chi connectivity index (χ2n) is 6.35. The van der Waals surface area contributed by atoms with Crippen LogP contribution in [0.3, 0.4) is 0 Å². The molecular weight excluding hydrogens is 468 g/mol. The van der Waals surface area contributed by atoms with Crippen LogP contribution in [0.1, 0.15) is 11.6 Å². The van der Waals surface area contributed by atoms with E-state index >= 15 is 0 Å². The van der Waals surface area contributed by atoms with Crippen molar-refractivity contribution in [3.8, 4) is 11.5 Å². The van der Waals surface area contributed by atoms with Gasteiger partial charge in [0.1, 0.15) is 4.21 Å². The number of carbonyl (C=O) groups excluding carboxylic acids is 2. The highest BCUT2D eigenvalue weighted by atomic mass is 35.5. The number of ether oxygens (including phenoxy) is 3. The van der Waals surface area contributed by atoms with E-state index in [0.717, 1.165) is 11.3 Å². The van der Waals surface area contributed by atoms with E-state index < -0.39 is 33.6 Å². The summed E-state index contributed by atoms with van der Waals surface area (Å²) in [5.41, 5.74) is 0.349. The summed E-state index contributed by atoms with van der Waals surface area (Å²) in [6, 6.07) is 6.02. The molecule has 166 valence electrons. The standard InChI is InChI=1S/C19H19ClN2O7S2/c1-27-12-5-4-10(8-13(12)28-2)17-16(18(23)29-3)11(21-19(24)22-17)9-31(25,26)15-7-6-14(20)30-15/h4-8,17H,9H2,1-3H3,(H2,21,22,24)/t17-/m0/s1. The molecule has 0 saturated heterocycles. The molecule has 0 aliphatic carbocycles. The summed E-state index contributed by atoms with van der Waals surface area (Å²) in [7, 11) is 0.208. The smallest absolute Gasteiger partial charge is 0.338 e. The molecule has 3 rings (SSSR count). The van der Waals surface area contributed by atoms with Crippen molar-refractivity contribution in [2.45, 2.75) is 10.3 Å². The largest absolute Gasteiger partial charge is 0.493 e. The molecule has 1 atom stereocenters. The number of rotatable bonds is 7. The van der Waals surface area contributed by atoms with Crippen LogP contribution in [0.5, 0.6) is 11.5 Å². The molecular formula is C19H19ClN2O7S2. The number of halogens is 1. The third kappa shape index (κ3) is 4.78. The summed E-state index contributed by atoms with van der Waals surface area (Å²) >= 11 is 6.74. The zero-order chi connectivity index (χ0) is 22.8. The summed E-state index contributed by atoms with van der Waals surface area (Å²) < 4.78 is 41.4. The van der Waals surface area contributed by atoms with E-state index in [1.54, 1.807) is 18.2 Å². The van der Waals surface area contributed by atoms with Crippen molar-refractivity contribution in [1.29, 1.82) is 0 Å². The van der Waals surface area contributed by atoms with Gasteiger partial charge in [-0.3, -0.25) is 0 Å². The number of nitrogens with one attached hydrogen (secondary N) is 2. The maximum Gasteiger partial charge on any atom is 0.338 e. The van der Waals surface area contributed by atoms with E-state index in [4.69, 9.17) is 25.8 Å². The molecule has 0 fully saturated rings. The molecule has 0 saturated carbocycles. The van der Waals surface area contributed by atoms with Gasteiger partial charge in [-0.1, -0.05) is 17.7 Å². The van der Waals surface area contributed by atoms with Gasteiger partial charge in [-0.15, -0.1) is 11.3 Å². The van der Waals surface area contributed by atoms with Gasteiger partial charge in [0, 0.05) is 5.70 Å². The molecule has 0 spiro atoms. The minimum absolute atomic E-state index is 0.0182. The number of carbonyl (C=O) groups is 2. The molecule has 1 aliphatic heterocycles. The molecule has 2 amide bonds. The zero-order valence-corrected chi connectivity index (χ0v) is 19.1. The van der Waals surface area contributed by atoms with E-state index in [1.807, 2.05) is 0 Å². The molecule has 2 aromatic rings. The van der Waals surface area contributed by atoms with Crippen molar-refractivity contribution in [2.75, 3.05) is 27.1 Å². The summed E-state index contributed by atoms with van der Waals surface area (Å²) in [6.45, 7) is 0. The first-order valence-electron chi connectivity index (χ1n) is 8.79. The van der Waals surface area contributed by atoms with Crippen LogP contribution in [0.4, 0.5) is 4.79 Å². The Morgan fingerprint density at radius 3 is 2.42 bits per heavy atom. The Hall–Kier alpha value is -2.76. The first-order chi connectivity index (χ1) is 14.7. The molecule has 12 heteroatoms. The van der Waals surface area contributed by atoms with Crippen LogP contribution in [0.2, 0.25) is 4.34 Å². The Balaban J connectivity index is 2.11. The third-order valence-electron chi connectivity index (χ3n) is 4.49. The number of hydrogen-bond acceptors (Lipinski definition) is 8. The van der Waals surface area contributed by atoms with Gasteiger partial charge in [-0.25, -0.2) is 18.0 Å². The quantitative estimate of drug-likeness (QED) is 0.577. The molecule has 0 bridgehead atoms. The van der Waals surface area contributed by atoms with Crippen molar-refractivity contribution in [3.05, 3.63) is 51.5 Å². The van der Waals surface area contributed by atoms with Crippen LogP contribution in [0.25, 0.3) is 0 Å². The van der Waals surface area contributed by atoms with Crippen molar-refractivity contribution < 1.29 is 32.2 Å². The minimum atomic E-state index is -3.89. The monoisotopic (exact) mass is 486 g/mol. The van der Waals surface area contributed by atoms with Crippen LogP contribution in [-0.4, -0.2) is 47.5 Å². The molecule has 1 aliphatic rings. The first kappa shape index (κ1) is 22.9. The second kappa shape index (κ2) is 9.16. The lowest BCUT2D eigenvalue weighted by Gasteiger charge is -2.29. The van der Waals surface area contributed by atoms with E-state index in [0.29, 0.717) is 21.4 Å². The van der Waals surface area contributed by atoms with Crippen LogP contribution in [-0.2, 0) is 19.4 Å². The van der Waals surface area contributed by atoms with Crippen molar-refractivity contribution in [1.82, 2.24) is 10.6 Å². The van der Waals surface area contributed by atoms with Crippen molar-refractivity contribution in [2.24, 2.45) is 0 Å². The number of urea groups is 1. The van der Waals surface area contributed by atoms with E-state index in [2.05, 4.69) is 10.6 Å². The highest BCUT2D eigenvalue weighted by Gasteiger charge is 2.36. The molecule has 0 unspecified atom stereocenters. The SMILES string of the molecule is COC(=O)C1=C(CS(=O)(=O)c2ccc(Cl)s2)NC(=O)N[C@H]1c1ccc(OC)c(OC)c1. The fourth-order valence-corrected chi connectivity index (χ4v) is 5.98.